The second-order valence-electron chi connectivity index (χ2n) is 14.0. The minimum atomic E-state index is 0.257. The molecule has 0 spiro atoms. The first-order valence-corrected chi connectivity index (χ1v) is 17.8. The maximum absolute atomic E-state index is 9.91. The predicted molar refractivity (Wildman–Crippen MR) is 219 cm³/mol. The molecule has 0 fully saturated rings. The average Bonchev–Trinajstić information content (AvgIpc) is 3.18. The summed E-state index contributed by atoms with van der Waals surface area (Å²) in [6.07, 6.45) is 0. The van der Waals surface area contributed by atoms with E-state index in [4.69, 9.17) is 6.57 Å². The maximum atomic E-state index is 9.91. The van der Waals surface area contributed by atoms with Crippen LogP contribution in [0.15, 0.2) is 146 Å². The number of hydrogen-bond donors (Lipinski definition) is 0. The summed E-state index contributed by atoms with van der Waals surface area (Å²) >= 11 is 0. The van der Waals surface area contributed by atoms with Crippen LogP contribution < -0.4 is 9.80 Å². The Morgan fingerprint density at radius 2 is 0.942 bits per heavy atom. The van der Waals surface area contributed by atoms with E-state index in [1.165, 1.54) is 32.7 Å². The zero-order valence-corrected chi connectivity index (χ0v) is 29.8. The fraction of sp³-hybridized carbons (Fsp3) is 0.125. The highest BCUT2D eigenvalue weighted by atomic mass is 15.2. The van der Waals surface area contributed by atoms with Crippen molar-refractivity contribution in [2.24, 2.45) is 0 Å². The van der Waals surface area contributed by atoms with Crippen LogP contribution in [0.3, 0.4) is 0 Å². The van der Waals surface area contributed by atoms with Crippen LogP contribution in [0.4, 0.5) is 39.8 Å². The molecule has 52 heavy (non-hydrogen) atoms. The van der Waals surface area contributed by atoms with Crippen molar-refractivity contribution >= 4 is 72.1 Å². The summed E-state index contributed by atoms with van der Waals surface area (Å²) in [6.45, 7) is 16.9. The van der Waals surface area contributed by atoms with Crippen LogP contribution in [-0.4, -0.2) is 0 Å². The minimum Gasteiger partial charge on any atom is -0.311 e. The van der Waals surface area contributed by atoms with Crippen LogP contribution in [0.5, 0.6) is 0 Å². The molecule has 0 aliphatic carbocycles. The Hall–Kier alpha value is -6.62. The summed E-state index contributed by atoms with van der Waals surface area (Å²) in [7, 11) is 0. The third-order valence-electron chi connectivity index (χ3n) is 10.1. The first-order chi connectivity index (χ1) is 25.4. The Balaban J connectivity index is 1.52. The summed E-state index contributed by atoms with van der Waals surface area (Å²) in [5.74, 6) is 0.515. The van der Waals surface area contributed by atoms with Crippen molar-refractivity contribution in [1.82, 2.24) is 0 Å². The molecule has 0 bridgehead atoms. The van der Waals surface area contributed by atoms with E-state index in [2.05, 4.69) is 145 Å². The van der Waals surface area contributed by atoms with E-state index >= 15 is 0 Å². The van der Waals surface area contributed by atoms with Crippen molar-refractivity contribution in [3.63, 3.8) is 0 Å². The molecule has 4 heteroatoms. The quantitative estimate of drug-likeness (QED) is 0.119. The third-order valence-corrected chi connectivity index (χ3v) is 10.1. The minimum absolute atomic E-state index is 0.257. The molecule has 0 N–H and O–H groups in total. The molecule has 0 aromatic heterocycles. The van der Waals surface area contributed by atoms with Crippen LogP contribution in [0.25, 0.3) is 37.2 Å². The van der Waals surface area contributed by atoms with Gasteiger partial charge in [0.05, 0.1) is 29.6 Å². The molecule has 4 nitrogen and oxygen atoms in total. The zero-order valence-electron chi connectivity index (χ0n) is 29.8. The molecule has 8 rings (SSSR count). The largest absolute Gasteiger partial charge is 0.311 e. The molecule has 8 aromatic rings. The van der Waals surface area contributed by atoms with Crippen LogP contribution >= 0.6 is 0 Å². The van der Waals surface area contributed by atoms with Crippen LogP contribution in [-0.2, 0) is 0 Å². The normalized spacial score (nSPS) is 11.4. The van der Waals surface area contributed by atoms with Crippen LogP contribution in [0.1, 0.15) is 56.2 Å². The second-order valence-corrected chi connectivity index (χ2v) is 14.0. The van der Waals surface area contributed by atoms with E-state index in [1.54, 1.807) is 0 Å². The number of rotatable bonds is 8. The lowest BCUT2D eigenvalue weighted by molar-refractivity contribution is 0.875. The van der Waals surface area contributed by atoms with Gasteiger partial charge >= 0.3 is 0 Å². The van der Waals surface area contributed by atoms with Crippen molar-refractivity contribution in [1.29, 1.82) is 5.26 Å². The van der Waals surface area contributed by atoms with E-state index in [0.29, 0.717) is 11.3 Å². The Morgan fingerprint density at radius 3 is 1.40 bits per heavy atom. The summed E-state index contributed by atoms with van der Waals surface area (Å²) in [5.41, 5.74) is 9.88. The van der Waals surface area contributed by atoms with Crippen molar-refractivity contribution in [2.45, 2.75) is 39.5 Å². The smallest absolute Gasteiger partial charge is 0.189 e. The van der Waals surface area contributed by atoms with Gasteiger partial charge in [0.25, 0.3) is 0 Å². The van der Waals surface area contributed by atoms with Gasteiger partial charge in [-0.3, -0.25) is 0 Å². The molecule has 0 radical (unpaired) electrons. The van der Waals surface area contributed by atoms with Crippen molar-refractivity contribution in [3.8, 4) is 6.07 Å². The van der Waals surface area contributed by atoms with Gasteiger partial charge in [0, 0.05) is 33.5 Å². The summed E-state index contributed by atoms with van der Waals surface area (Å²) < 4.78 is 0. The molecule has 8 aromatic carbocycles. The van der Waals surface area contributed by atoms with Gasteiger partial charge in [-0.2, -0.15) is 5.26 Å². The van der Waals surface area contributed by atoms with Crippen molar-refractivity contribution in [3.05, 3.63) is 174 Å². The van der Waals surface area contributed by atoms with Gasteiger partial charge < -0.3 is 9.80 Å². The van der Waals surface area contributed by atoms with Crippen molar-refractivity contribution in [2.75, 3.05) is 9.80 Å². The first-order valence-electron chi connectivity index (χ1n) is 17.8. The Morgan fingerprint density at radius 1 is 0.500 bits per heavy atom. The van der Waals surface area contributed by atoms with E-state index < -0.39 is 0 Å². The number of hydrogen-bond acceptors (Lipinski definition) is 3. The Bertz CT molecular complexity index is 2480. The molecule has 0 aliphatic rings. The molecular weight excluding hydrogens is 633 g/mol. The molecule has 0 unspecified atom stereocenters. The van der Waals surface area contributed by atoms with Gasteiger partial charge in [0.15, 0.2) is 5.69 Å². The van der Waals surface area contributed by atoms with Gasteiger partial charge in [-0.15, -0.1) is 0 Å². The molecule has 0 amide bonds. The third kappa shape index (κ3) is 5.47. The number of nitrogens with zero attached hydrogens (tertiary/aromatic N) is 4. The highest BCUT2D eigenvalue weighted by molar-refractivity contribution is 6.29. The summed E-state index contributed by atoms with van der Waals surface area (Å²) in [5, 5.41) is 17.2. The fourth-order valence-electron chi connectivity index (χ4n) is 7.76. The van der Waals surface area contributed by atoms with Crippen LogP contribution in [0.2, 0.25) is 0 Å². The van der Waals surface area contributed by atoms with Crippen LogP contribution in [0, 0.1) is 17.9 Å². The zero-order chi connectivity index (χ0) is 35.9. The highest BCUT2D eigenvalue weighted by Crippen LogP contribution is 2.51. The lowest BCUT2D eigenvalue weighted by Crippen LogP contribution is -2.13. The first kappa shape index (κ1) is 32.6. The molecular formula is C48H38N4. The molecule has 0 heterocycles. The summed E-state index contributed by atoms with van der Waals surface area (Å²) in [4.78, 5) is 8.40. The molecule has 0 aliphatic heterocycles. The predicted octanol–water partition coefficient (Wildman–Crippen LogP) is 14.2. The Labute approximate surface area is 305 Å². The number of nitriles is 1. The van der Waals surface area contributed by atoms with Gasteiger partial charge in [-0.25, -0.2) is 4.85 Å². The monoisotopic (exact) mass is 670 g/mol. The van der Waals surface area contributed by atoms with E-state index in [9.17, 15) is 5.26 Å². The Kier molecular flexibility index (Phi) is 8.30. The average molecular weight is 671 g/mol. The highest BCUT2D eigenvalue weighted by Gasteiger charge is 2.26. The standard InChI is InChI=1S/C48H38N4/c1-31(2)43-28-45(51(35-16-8-6-9-17-35)37-20-12-14-33(26-37)30-49)41-24-22-40-44(32(3)4)29-46(42-25-23-39(43)47(41)48(40)42)52(36-18-10-7-11-19-36)38-21-13-15-34(27-38)50-5/h6-29,31-32H,1-4H3. The van der Waals surface area contributed by atoms with Gasteiger partial charge in [0.1, 0.15) is 0 Å². The molecule has 0 saturated heterocycles. The molecule has 0 saturated carbocycles. The lowest BCUT2D eigenvalue weighted by Gasteiger charge is -2.31. The van der Waals surface area contributed by atoms with E-state index in [-0.39, 0.29) is 11.8 Å². The SMILES string of the molecule is [C-]#[N+]c1cccc(N(c2ccccc2)c2cc(C(C)C)c3ccc4c(N(c5ccccc5)c5cccc(C#N)c5)cc(C(C)C)c5ccc2c3c54)c1. The second kappa shape index (κ2) is 13.3. The van der Waals surface area contributed by atoms with Gasteiger partial charge in [-0.1, -0.05) is 107 Å². The van der Waals surface area contributed by atoms with Gasteiger partial charge in [0.2, 0.25) is 0 Å². The fourth-order valence-corrected chi connectivity index (χ4v) is 7.76. The lowest BCUT2D eigenvalue weighted by atomic mass is 9.84. The topological polar surface area (TPSA) is 34.6 Å². The summed E-state index contributed by atoms with van der Waals surface area (Å²) in [6, 6.07) is 53.0. The molecule has 0 atom stereocenters. The molecule has 250 valence electrons. The van der Waals surface area contributed by atoms with E-state index in [0.717, 1.165) is 44.9 Å². The number of para-hydroxylation sites is 2. The van der Waals surface area contributed by atoms with E-state index in [1.807, 2.05) is 48.5 Å². The van der Waals surface area contributed by atoms with Crippen molar-refractivity contribution < 1.29 is 0 Å². The van der Waals surface area contributed by atoms with Gasteiger partial charge in [-0.05, 0) is 111 Å². The maximum Gasteiger partial charge on any atom is 0.189 e. The number of benzene rings is 8. The number of anilines is 6.